The fraction of sp³-hybridized carbons (Fsp3) is 0.192. The van der Waals surface area contributed by atoms with Gasteiger partial charge in [0.05, 0.1) is 18.7 Å². The maximum absolute atomic E-state index is 12.7. The van der Waals surface area contributed by atoms with Crippen LogP contribution in [-0.4, -0.2) is 30.1 Å². The maximum atomic E-state index is 12.7. The van der Waals surface area contributed by atoms with Crippen LogP contribution < -0.4 is 5.32 Å². The lowest BCUT2D eigenvalue weighted by Gasteiger charge is -2.25. The Hall–Kier alpha value is -3.89. The number of fused-ring (bicyclic) bond motifs is 1. The molecule has 0 bridgehead atoms. The maximum Gasteiger partial charge on any atom is 0.410 e. The molecule has 6 nitrogen and oxygen atoms in total. The van der Waals surface area contributed by atoms with Gasteiger partial charge in [0.1, 0.15) is 11.1 Å². The number of nitrogens with zero attached hydrogens (tertiary/aromatic N) is 2. The Kier molecular flexibility index (Phi) is 6.86. The number of rotatable bonds is 5. The molecule has 2 heterocycles. The van der Waals surface area contributed by atoms with E-state index >= 15 is 0 Å². The van der Waals surface area contributed by atoms with Crippen LogP contribution in [0, 0.1) is 11.3 Å². The summed E-state index contributed by atoms with van der Waals surface area (Å²) < 4.78 is 5.09. The van der Waals surface area contributed by atoms with Gasteiger partial charge in [-0.05, 0) is 41.7 Å². The van der Waals surface area contributed by atoms with Gasteiger partial charge in [0, 0.05) is 17.5 Å². The van der Waals surface area contributed by atoms with Gasteiger partial charge in [0.25, 0.3) is 0 Å². The molecule has 33 heavy (non-hydrogen) atoms. The molecule has 4 rings (SSSR count). The summed E-state index contributed by atoms with van der Waals surface area (Å²) in [6.45, 7) is 2.95. The zero-order valence-electron chi connectivity index (χ0n) is 18.2. The topological polar surface area (TPSA) is 82.4 Å². The van der Waals surface area contributed by atoms with Crippen molar-refractivity contribution in [2.75, 3.05) is 18.5 Å². The Bertz CT molecular complexity index is 1240. The molecule has 0 aliphatic carbocycles. The van der Waals surface area contributed by atoms with Gasteiger partial charge in [0.2, 0.25) is 5.91 Å². The third-order valence-electron chi connectivity index (χ3n) is 5.39. The normalized spacial score (nSPS) is 12.8. The predicted octanol–water partition coefficient (Wildman–Crippen LogP) is 5.45. The molecule has 0 fully saturated rings. The molecule has 0 atom stereocenters. The average Bonchev–Trinajstić information content (AvgIpc) is 3.19. The third kappa shape index (κ3) is 4.97. The van der Waals surface area contributed by atoms with E-state index in [4.69, 9.17) is 4.74 Å². The van der Waals surface area contributed by atoms with Crippen molar-refractivity contribution in [3.63, 3.8) is 0 Å². The second kappa shape index (κ2) is 10.2. The lowest BCUT2D eigenvalue weighted by Crippen LogP contribution is -2.35. The first-order chi connectivity index (χ1) is 16.1. The summed E-state index contributed by atoms with van der Waals surface area (Å²) in [6.07, 6.45) is 3.45. The monoisotopic (exact) mass is 457 g/mol. The molecule has 0 radical (unpaired) electrons. The minimum atomic E-state index is -0.361. The Morgan fingerprint density at radius 3 is 2.70 bits per heavy atom. The molecule has 7 heteroatoms. The number of carbonyl (C=O) groups excluding carboxylic acids is 2. The Balaban J connectivity index is 1.51. The zero-order chi connectivity index (χ0) is 23.2. The van der Waals surface area contributed by atoms with E-state index in [0.29, 0.717) is 36.7 Å². The Labute approximate surface area is 196 Å². The summed E-state index contributed by atoms with van der Waals surface area (Å²) in [5.41, 5.74) is 4.41. The number of nitrogens with one attached hydrogen (secondary N) is 1. The van der Waals surface area contributed by atoms with E-state index in [1.807, 2.05) is 54.6 Å². The molecule has 0 unspecified atom stereocenters. The molecule has 1 aliphatic heterocycles. The standard InChI is InChI=1S/C26H23N3O3S/c1-2-32-26(31)29-15-14-21-22(16-27)25(33-23(21)17-29)28-24(30)13-12-19-10-6-7-11-20(19)18-8-4-3-5-9-18/h3-13H,2,14-15,17H2,1H3,(H,28,30). The number of carbonyl (C=O) groups is 2. The number of benzene rings is 2. The highest BCUT2D eigenvalue weighted by Crippen LogP contribution is 2.37. The Morgan fingerprint density at radius 1 is 1.18 bits per heavy atom. The van der Waals surface area contributed by atoms with E-state index in [0.717, 1.165) is 27.1 Å². The fourth-order valence-electron chi connectivity index (χ4n) is 3.82. The third-order valence-corrected chi connectivity index (χ3v) is 6.52. The summed E-state index contributed by atoms with van der Waals surface area (Å²) in [5.74, 6) is -0.310. The van der Waals surface area contributed by atoms with Crippen molar-refractivity contribution in [3.05, 3.63) is 82.2 Å². The van der Waals surface area contributed by atoms with Crippen LogP contribution in [0.4, 0.5) is 9.80 Å². The minimum absolute atomic E-state index is 0.310. The van der Waals surface area contributed by atoms with Gasteiger partial charge < -0.3 is 15.0 Å². The fourth-order valence-corrected chi connectivity index (χ4v) is 5.04. The van der Waals surface area contributed by atoms with Gasteiger partial charge in [-0.3, -0.25) is 4.79 Å². The molecule has 0 saturated heterocycles. The van der Waals surface area contributed by atoms with Crippen molar-refractivity contribution in [3.8, 4) is 17.2 Å². The first-order valence-corrected chi connectivity index (χ1v) is 11.5. The highest BCUT2D eigenvalue weighted by Gasteiger charge is 2.27. The van der Waals surface area contributed by atoms with Crippen molar-refractivity contribution in [1.82, 2.24) is 4.90 Å². The zero-order valence-corrected chi connectivity index (χ0v) is 19.0. The summed E-state index contributed by atoms with van der Waals surface area (Å²) in [5, 5.41) is 13.1. The average molecular weight is 458 g/mol. The first-order valence-electron chi connectivity index (χ1n) is 10.7. The number of hydrogen-bond acceptors (Lipinski definition) is 5. The van der Waals surface area contributed by atoms with Gasteiger partial charge in [-0.2, -0.15) is 5.26 Å². The van der Waals surface area contributed by atoms with Crippen LogP contribution in [0.3, 0.4) is 0 Å². The number of hydrogen-bond donors (Lipinski definition) is 1. The number of nitriles is 1. The quantitative estimate of drug-likeness (QED) is 0.516. The van der Waals surface area contributed by atoms with E-state index in [2.05, 4.69) is 11.4 Å². The summed E-state index contributed by atoms with van der Waals surface area (Å²) in [7, 11) is 0. The molecule has 1 N–H and O–H groups in total. The number of ether oxygens (including phenoxy) is 1. The van der Waals surface area contributed by atoms with Gasteiger partial charge in [-0.1, -0.05) is 54.6 Å². The summed E-state index contributed by atoms with van der Waals surface area (Å²) >= 11 is 1.34. The Morgan fingerprint density at radius 2 is 1.94 bits per heavy atom. The van der Waals surface area contributed by atoms with Crippen LogP contribution in [-0.2, 0) is 22.5 Å². The molecule has 166 valence electrons. The van der Waals surface area contributed by atoms with Crippen LogP contribution in [0.1, 0.15) is 28.5 Å². The van der Waals surface area contributed by atoms with Crippen molar-refractivity contribution in [2.45, 2.75) is 19.9 Å². The molecule has 0 saturated carbocycles. The molecule has 1 aliphatic rings. The smallest absolute Gasteiger partial charge is 0.410 e. The highest BCUT2D eigenvalue weighted by atomic mass is 32.1. The van der Waals surface area contributed by atoms with Crippen molar-refractivity contribution < 1.29 is 14.3 Å². The van der Waals surface area contributed by atoms with E-state index in [1.165, 1.54) is 17.4 Å². The molecule has 1 aromatic heterocycles. The van der Waals surface area contributed by atoms with Crippen LogP contribution >= 0.6 is 11.3 Å². The van der Waals surface area contributed by atoms with Crippen LogP contribution in [0.5, 0.6) is 0 Å². The lowest BCUT2D eigenvalue weighted by atomic mass is 9.99. The van der Waals surface area contributed by atoms with E-state index in [-0.39, 0.29) is 12.0 Å². The van der Waals surface area contributed by atoms with Gasteiger partial charge in [0.15, 0.2) is 0 Å². The lowest BCUT2D eigenvalue weighted by molar-refractivity contribution is -0.111. The van der Waals surface area contributed by atoms with E-state index in [9.17, 15) is 14.9 Å². The van der Waals surface area contributed by atoms with Crippen molar-refractivity contribution in [2.24, 2.45) is 0 Å². The SMILES string of the molecule is CCOC(=O)N1CCc2c(sc(NC(=O)C=Cc3ccccc3-c3ccccc3)c2C#N)C1. The van der Waals surface area contributed by atoms with Crippen molar-refractivity contribution in [1.29, 1.82) is 5.26 Å². The largest absolute Gasteiger partial charge is 0.450 e. The van der Waals surface area contributed by atoms with Crippen LogP contribution in [0.15, 0.2) is 60.7 Å². The predicted molar refractivity (Wildman–Crippen MR) is 130 cm³/mol. The highest BCUT2D eigenvalue weighted by molar-refractivity contribution is 7.16. The molecule has 2 amide bonds. The van der Waals surface area contributed by atoms with E-state index in [1.54, 1.807) is 17.9 Å². The number of thiophene rings is 1. The molecule has 3 aromatic rings. The minimum Gasteiger partial charge on any atom is -0.450 e. The molecular formula is C26H23N3O3S. The number of anilines is 1. The first kappa shape index (κ1) is 22.3. The van der Waals surface area contributed by atoms with E-state index < -0.39 is 0 Å². The molecule has 0 spiro atoms. The van der Waals surface area contributed by atoms with Gasteiger partial charge >= 0.3 is 6.09 Å². The molecular weight excluding hydrogens is 434 g/mol. The number of amides is 2. The second-order valence-corrected chi connectivity index (χ2v) is 8.57. The van der Waals surface area contributed by atoms with Crippen LogP contribution in [0.2, 0.25) is 0 Å². The summed E-state index contributed by atoms with van der Waals surface area (Å²) in [6, 6.07) is 20.1. The summed E-state index contributed by atoms with van der Waals surface area (Å²) in [4.78, 5) is 27.3. The van der Waals surface area contributed by atoms with Gasteiger partial charge in [-0.15, -0.1) is 11.3 Å². The molecule has 2 aromatic carbocycles. The van der Waals surface area contributed by atoms with Crippen LogP contribution in [0.25, 0.3) is 17.2 Å². The van der Waals surface area contributed by atoms with Crippen molar-refractivity contribution >= 4 is 34.4 Å². The second-order valence-electron chi connectivity index (χ2n) is 7.47. The van der Waals surface area contributed by atoms with Gasteiger partial charge in [-0.25, -0.2) is 4.79 Å².